The van der Waals surface area contributed by atoms with Crippen molar-refractivity contribution < 1.29 is 9.84 Å². The average molecular weight is 195 g/mol. The third-order valence-corrected chi connectivity index (χ3v) is 2.25. The second-order valence-corrected chi connectivity index (χ2v) is 3.36. The SMILES string of the molecule is CCCCC1(O)CCCCO1.Cl. The Morgan fingerprint density at radius 1 is 1.42 bits per heavy atom. The molecular formula is C9H19ClO2. The van der Waals surface area contributed by atoms with E-state index >= 15 is 0 Å². The summed E-state index contributed by atoms with van der Waals surface area (Å²) in [5, 5.41) is 9.78. The van der Waals surface area contributed by atoms with Crippen LogP contribution >= 0.6 is 12.4 Å². The number of unbranched alkanes of at least 4 members (excludes halogenated alkanes) is 1. The molecule has 0 saturated carbocycles. The van der Waals surface area contributed by atoms with Gasteiger partial charge in [-0.25, -0.2) is 0 Å². The van der Waals surface area contributed by atoms with Gasteiger partial charge in [0.15, 0.2) is 5.79 Å². The molecule has 1 unspecified atom stereocenters. The molecule has 0 bridgehead atoms. The predicted octanol–water partition coefficient (Wildman–Crippen LogP) is 2.49. The van der Waals surface area contributed by atoms with Crippen molar-refractivity contribution in [3.8, 4) is 0 Å². The summed E-state index contributed by atoms with van der Waals surface area (Å²) in [6.07, 6.45) is 6.05. The van der Waals surface area contributed by atoms with Crippen molar-refractivity contribution in [1.29, 1.82) is 0 Å². The summed E-state index contributed by atoms with van der Waals surface area (Å²) < 4.78 is 5.32. The molecule has 0 aromatic heterocycles. The zero-order valence-electron chi connectivity index (χ0n) is 7.71. The highest BCUT2D eigenvalue weighted by Crippen LogP contribution is 2.26. The van der Waals surface area contributed by atoms with Gasteiger partial charge in [-0.1, -0.05) is 13.3 Å². The molecular weight excluding hydrogens is 176 g/mol. The van der Waals surface area contributed by atoms with Gasteiger partial charge in [0, 0.05) is 12.8 Å². The second kappa shape index (κ2) is 5.79. The third kappa shape index (κ3) is 3.74. The van der Waals surface area contributed by atoms with Gasteiger partial charge in [-0.05, 0) is 19.3 Å². The van der Waals surface area contributed by atoms with Gasteiger partial charge in [-0.3, -0.25) is 0 Å². The minimum atomic E-state index is -0.770. The van der Waals surface area contributed by atoms with E-state index in [9.17, 15) is 5.11 Å². The highest BCUT2D eigenvalue weighted by atomic mass is 35.5. The highest BCUT2D eigenvalue weighted by Gasteiger charge is 2.28. The first-order chi connectivity index (χ1) is 5.27. The van der Waals surface area contributed by atoms with Gasteiger partial charge in [0.25, 0.3) is 0 Å². The second-order valence-electron chi connectivity index (χ2n) is 3.36. The van der Waals surface area contributed by atoms with Crippen LogP contribution in [0.2, 0.25) is 0 Å². The van der Waals surface area contributed by atoms with Crippen LogP contribution in [0.5, 0.6) is 0 Å². The van der Waals surface area contributed by atoms with E-state index in [0.29, 0.717) is 0 Å². The molecule has 1 aliphatic rings. The molecule has 0 radical (unpaired) electrons. The monoisotopic (exact) mass is 194 g/mol. The lowest BCUT2D eigenvalue weighted by Gasteiger charge is -2.32. The molecule has 0 aromatic rings. The van der Waals surface area contributed by atoms with E-state index < -0.39 is 5.79 Å². The predicted molar refractivity (Wildman–Crippen MR) is 51.5 cm³/mol. The van der Waals surface area contributed by atoms with Gasteiger partial charge in [-0.2, -0.15) is 0 Å². The Kier molecular flexibility index (Phi) is 5.89. The molecule has 1 N–H and O–H groups in total. The Morgan fingerprint density at radius 2 is 2.17 bits per heavy atom. The number of ether oxygens (including phenoxy) is 1. The van der Waals surface area contributed by atoms with Crippen LogP contribution in [-0.2, 0) is 4.74 Å². The Bertz CT molecular complexity index is 111. The number of halogens is 1. The smallest absolute Gasteiger partial charge is 0.165 e. The van der Waals surface area contributed by atoms with Crippen molar-refractivity contribution >= 4 is 12.4 Å². The summed E-state index contributed by atoms with van der Waals surface area (Å²) in [6.45, 7) is 2.87. The first-order valence-corrected chi connectivity index (χ1v) is 4.63. The quantitative estimate of drug-likeness (QED) is 0.748. The third-order valence-electron chi connectivity index (χ3n) is 2.25. The van der Waals surface area contributed by atoms with Crippen LogP contribution in [0.15, 0.2) is 0 Å². The molecule has 74 valence electrons. The van der Waals surface area contributed by atoms with E-state index in [1.165, 1.54) is 0 Å². The fraction of sp³-hybridized carbons (Fsp3) is 1.00. The van der Waals surface area contributed by atoms with Crippen LogP contribution in [-0.4, -0.2) is 17.5 Å². The largest absolute Gasteiger partial charge is 0.365 e. The van der Waals surface area contributed by atoms with E-state index in [2.05, 4.69) is 6.92 Å². The Morgan fingerprint density at radius 3 is 2.67 bits per heavy atom. The molecule has 3 heteroatoms. The summed E-state index contributed by atoms with van der Waals surface area (Å²) in [5.41, 5.74) is 0. The summed E-state index contributed by atoms with van der Waals surface area (Å²) in [5.74, 6) is -0.770. The van der Waals surface area contributed by atoms with Crippen molar-refractivity contribution in [2.75, 3.05) is 6.61 Å². The van der Waals surface area contributed by atoms with Crippen molar-refractivity contribution in [3.05, 3.63) is 0 Å². The zero-order chi connectivity index (χ0) is 8.16. The molecule has 0 amide bonds. The first-order valence-electron chi connectivity index (χ1n) is 4.63. The lowest BCUT2D eigenvalue weighted by Crippen LogP contribution is -2.35. The van der Waals surface area contributed by atoms with Gasteiger partial charge < -0.3 is 9.84 Å². The number of hydrogen-bond donors (Lipinski definition) is 1. The molecule has 12 heavy (non-hydrogen) atoms. The van der Waals surface area contributed by atoms with Crippen LogP contribution in [0.1, 0.15) is 45.4 Å². The minimum absolute atomic E-state index is 0. The van der Waals surface area contributed by atoms with Crippen molar-refractivity contribution in [2.45, 2.75) is 51.2 Å². The van der Waals surface area contributed by atoms with Gasteiger partial charge in [-0.15, -0.1) is 12.4 Å². The zero-order valence-corrected chi connectivity index (χ0v) is 8.53. The molecule has 1 heterocycles. The molecule has 0 aliphatic carbocycles. The molecule has 1 rings (SSSR count). The fourth-order valence-electron chi connectivity index (χ4n) is 1.49. The van der Waals surface area contributed by atoms with Crippen LogP contribution in [0.4, 0.5) is 0 Å². The molecule has 0 aromatic carbocycles. The van der Waals surface area contributed by atoms with E-state index in [0.717, 1.165) is 45.1 Å². The van der Waals surface area contributed by atoms with Crippen LogP contribution in [0, 0.1) is 0 Å². The topological polar surface area (TPSA) is 29.5 Å². The number of rotatable bonds is 3. The fourth-order valence-corrected chi connectivity index (χ4v) is 1.49. The standard InChI is InChI=1S/C9H18O2.ClH/c1-2-3-6-9(10)7-4-5-8-11-9;/h10H,2-8H2,1H3;1H. The lowest BCUT2D eigenvalue weighted by atomic mass is 10.0. The molecule has 2 nitrogen and oxygen atoms in total. The van der Waals surface area contributed by atoms with Crippen molar-refractivity contribution in [2.24, 2.45) is 0 Å². The maximum absolute atomic E-state index is 9.78. The lowest BCUT2D eigenvalue weighted by molar-refractivity contribution is -0.228. The summed E-state index contributed by atoms with van der Waals surface area (Å²) in [7, 11) is 0. The van der Waals surface area contributed by atoms with E-state index in [1.54, 1.807) is 0 Å². The normalized spacial score (nSPS) is 29.5. The Balaban J connectivity index is 0.00000121. The molecule has 1 atom stereocenters. The van der Waals surface area contributed by atoms with Gasteiger partial charge in [0.2, 0.25) is 0 Å². The highest BCUT2D eigenvalue weighted by molar-refractivity contribution is 5.85. The number of hydrogen-bond acceptors (Lipinski definition) is 2. The van der Waals surface area contributed by atoms with E-state index in [1.807, 2.05) is 0 Å². The molecule has 1 fully saturated rings. The summed E-state index contributed by atoms with van der Waals surface area (Å²) in [4.78, 5) is 0. The maximum Gasteiger partial charge on any atom is 0.165 e. The summed E-state index contributed by atoms with van der Waals surface area (Å²) >= 11 is 0. The molecule has 0 spiro atoms. The van der Waals surface area contributed by atoms with E-state index in [4.69, 9.17) is 4.74 Å². The van der Waals surface area contributed by atoms with Crippen LogP contribution in [0.25, 0.3) is 0 Å². The van der Waals surface area contributed by atoms with Gasteiger partial charge in [0.1, 0.15) is 0 Å². The summed E-state index contributed by atoms with van der Waals surface area (Å²) in [6, 6.07) is 0. The number of aliphatic hydroxyl groups is 1. The average Bonchev–Trinajstić information content (AvgIpc) is 2.03. The van der Waals surface area contributed by atoms with Gasteiger partial charge in [0.05, 0.1) is 6.61 Å². The molecule has 1 aliphatic heterocycles. The van der Waals surface area contributed by atoms with E-state index in [-0.39, 0.29) is 12.4 Å². The maximum atomic E-state index is 9.78. The van der Waals surface area contributed by atoms with Crippen LogP contribution in [0.3, 0.4) is 0 Å². The van der Waals surface area contributed by atoms with Crippen LogP contribution < -0.4 is 0 Å². The van der Waals surface area contributed by atoms with Crippen molar-refractivity contribution in [1.82, 2.24) is 0 Å². The Labute approximate surface area is 80.7 Å². The molecule has 1 saturated heterocycles. The Hall–Kier alpha value is 0.210. The van der Waals surface area contributed by atoms with Gasteiger partial charge >= 0.3 is 0 Å². The minimum Gasteiger partial charge on any atom is -0.365 e. The van der Waals surface area contributed by atoms with Crippen molar-refractivity contribution in [3.63, 3.8) is 0 Å². The first kappa shape index (κ1) is 12.2.